The molecule has 1 heterocycles. The molecule has 0 aliphatic heterocycles. The van der Waals surface area contributed by atoms with Gasteiger partial charge >= 0.3 is 12.2 Å². The number of hydrogen-bond donors (Lipinski definition) is 4. The molecule has 6 N–H and O–H groups in total. The van der Waals surface area contributed by atoms with Crippen molar-refractivity contribution in [3.05, 3.63) is 64.7 Å². The first-order chi connectivity index (χ1) is 13.1. The lowest BCUT2D eigenvalue weighted by Crippen LogP contribution is -2.22. The third-order valence-corrected chi connectivity index (χ3v) is 3.86. The minimum Gasteiger partial charge on any atom is -0.365 e. The zero-order valence-corrected chi connectivity index (χ0v) is 14.1. The van der Waals surface area contributed by atoms with Crippen molar-refractivity contribution >= 4 is 28.7 Å². The number of nitrogens with one attached hydrogen (secondary N) is 2. The van der Waals surface area contributed by atoms with E-state index in [4.69, 9.17) is 11.5 Å². The number of urea groups is 1. The molecule has 3 rings (SSSR count). The zero-order valence-electron chi connectivity index (χ0n) is 14.1. The highest BCUT2D eigenvalue weighted by Crippen LogP contribution is 2.29. The average Bonchev–Trinajstić information content (AvgIpc) is 2.95. The summed E-state index contributed by atoms with van der Waals surface area (Å²) in [6.45, 7) is 0. The first-order valence-electron chi connectivity index (χ1n) is 7.86. The van der Waals surface area contributed by atoms with Crippen molar-refractivity contribution < 1.29 is 22.8 Å². The number of halogens is 3. The Balaban J connectivity index is 1.94. The summed E-state index contributed by atoms with van der Waals surface area (Å²) in [6.07, 6.45) is -4.40. The van der Waals surface area contributed by atoms with Gasteiger partial charge in [-0.05, 0) is 36.4 Å². The van der Waals surface area contributed by atoms with Gasteiger partial charge in [-0.2, -0.15) is 13.2 Å². The van der Waals surface area contributed by atoms with Crippen LogP contribution in [0.4, 0.5) is 23.8 Å². The van der Waals surface area contributed by atoms with Crippen LogP contribution in [0.15, 0.2) is 42.5 Å². The molecule has 142 valence electrons. The number of carbonyl (C=O) groups excluding carboxylic acids is 2. The Bertz CT molecular complexity index is 1140. The number of aromatic nitrogens is 1. The Labute approximate surface area is 156 Å². The summed E-state index contributed by atoms with van der Waals surface area (Å²) in [6, 6.07) is 8.44. The average molecular weight is 386 g/mol. The van der Waals surface area contributed by atoms with Crippen LogP contribution < -0.4 is 16.8 Å². The number of H-pyrrole nitrogens is 1. The fraction of sp³-hybridized carbons (Fsp3) is 0.0526. The smallest absolute Gasteiger partial charge is 0.365 e. The van der Waals surface area contributed by atoms with Crippen LogP contribution in [0.5, 0.6) is 0 Å². The number of benzene rings is 2. The van der Waals surface area contributed by atoms with Crippen molar-refractivity contribution in [2.45, 2.75) is 6.18 Å². The van der Waals surface area contributed by atoms with Gasteiger partial charge in [-0.3, -0.25) is 10.1 Å². The molecule has 2 aromatic carbocycles. The number of anilines is 1. The molecule has 0 spiro atoms. The molecule has 0 fully saturated rings. The van der Waals surface area contributed by atoms with Crippen molar-refractivity contribution in [2.24, 2.45) is 11.5 Å². The summed E-state index contributed by atoms with van der Waals surface area (Å²) in [5.74, 6) is 4.92. The summed E-state index contributed by atoms with van der Waals surface area (Å²) in [5.41, 5.74) is 11.2. The van der Waals surface area contributed by atoms with E-state index in [9.17, 15) is 22.8 Å². The third kappa shape index (κ3) is 3.91. The number of carbonyl (C=O) groups is 2. The fourth-order valence-corrected chi connectivity index (χ4v) is 2.64. The van der Waals surface area contributed by atoms with Crippen molar-refractivity contribution in [1.82, 2.24) is 4.98 Å². The van der Waals surface area contributed by atoms with Gasteiger partial charge in [0.15, 0.2) is 0 Å². The molecule has 0 bridgehead atoms. The molecule has 0 aliphatic rings. The second-order valence-electron chi connectivity index (χ2n) is 5.81. The molecule has 0 aliphatic carbocycles. The Hall–Kier alpha value is -3.93. The van der Waals surface area contributed by atoms with Crippen molar-refractivity contribution in [1.29, 1.82) is 0 Å². The van der Waals surface area contributed by atoms with Crippen LogP contribution in [0, 0.1) is 11.8 Å². The lowest BCUT2D eigenvalue weighted by Gasteiger charge is -2.05. The maximum absolute atomic E-state index is 12.6. The van der Waals surface area contributed by atoms with E-state index < -0.39 is 23.7 Å². The van der Waals surface area contributed by atoms with Gasteiger partial charge < -0.3 is 16.5 Å². The first-order valence-corrected chi connectivity index (χ1v) is 7.86. The second kappa shape index (κ2) is 7.00. The zero-order chi connectivity index (χ0) is 20.5. The van der Waals surface area contributed by atoms with E-state index in [0.717, 1.165) is 12.1 Å². The van der Waals surface area contributed by atoms with Gasteiger partial charge in [-0.25, -0.2) is 4.79 Å². The molecule has 0 radical (unpaired) electrons. The summed E-state index contributed by atoms with van der Waals surface area (Å²) >= 11 is 0. The standard InChI is InChI=1S/C19H13F3N4O2/c20-19(21,22)12-6-3-10(4-7-12)1-2-11-5-8-13-14(9-11)25-17(26-18(24)28)15(13)16(23)27/h3-9,25H,(H2,23,27)(H3,24,26,28). The number of aromatic amines is 1. The number of fused-ring (bicyclic) bond motifs is 1. The minimum absolute atomic E-state index is 0.0721. The van der Waals surface area contributed by atoms with Crippen LogP contribution in [0.2, 0.25) is 0 Å². The third-order valence-electron chi connectivity index (χ3n) is 3.86. The Morgan fingerprint density at radius 2 is 1.57 bits per heavy atom. The van der Waals surface area contributed by atoms with Gasteiger partial charge in [-0.15, -0.1) is 0 Å². The quantitative estimate of drug-likeness (QED) is 0.507. The Morgan fingerprint density at radius 3 is 2.14 bits per heavy atom. The summed E-state index contributed by atoms with van der Waals surface area (Å²) in [5, 5.41) is 2.76. The maximum Gasteiger partial charge on any atom is 0.416 e. The van der Waals surface area contributed by atoms with Crippen molar-refractivity contribution in [3.8, 4) is 11.8 Å². The van der Waals surface area contributed by atoms with E-state index >= 15 is 0 Å². The number of alkyl halides is 3. The molecule has 0 saturated carbocycles. The summed E-state index contributed by atoms with van der Waals surface area (Å²) in [4.78, 5) is 25.6. The number of rotatable bonds is 2. The SMILES string of the molecule is NC(=O)Nc1[nH]c2cc(C#Cc3ccc(C(F)(F)F)cc3)ccc2c1C(N)=O. The Morgan fingerprint density at radius 1 is 0.964 bits per heavy atom. The molecule has 9 heteroatoms. The molecule has 3 amide bonds. The highest BCUT2D eigenvalue weighted by atomic mass is 19.4. The lowest BCUT2D eigenvalue weighted by atomic mass is 10.1. The van der Waals surface area contributed by atoms with Crippen LogP contribution >= 0.6 is 0 Å². The lowest BCUT2D eigenvalue weighted by molar-refractivity contribution is -0.137. The second-order valence-corrected chi connectivity index (χ2v) is 5.81. The number of nitrogens with two attached hydrogens (primary N) is 2. The van der Waals surface area contributed by atoms with Gasteiger partial charge in [0.2, 0.25) is 0 Å². The topological polar surface area (TPSA) is 114 Å². The highest BCUT2D eigenvalue weighted by molar-refractivity contribution is 6.13. The predicted molar refractivity (Wildman–Crippen MR) is 97.4 cm³/mol. The largest absolute Gasteiger partial charge is 0.416 e. The molecule has 0 saturated heterocycles. The van der Waals surface area contributed by atoms with Crippen molar-refractivity contribution in [2.75, 3.05) is 5.32 Å². The van der Waals surface area contributed by atoms with Gasteiger partial charge in [0.05, 0.1) is 11.1 Å². The number of amides is 3. The van der Waals surface area contributed by atoms with Crippen molar-refractivity contribution in [3.63, 3.8) is 0 Å². The molecule has 0 atom stereocenters. The Kier molecular flexibility index (Phi) is 4.71. The van der Waals surface area contributed by atoms with E-state index in [1.807, 2.05) is 0 Å². The minimum atomic E-state index is -4.40. The van der Waals surface area contributed by atoms with E-state index in [1.54, 1.807) is 18.2 Å². The molecule has 0 unspecified atom stereocenters. The van der Waals surface area contributed by atoms with Crippen LogP contribution in [0.3, 0.4) is 0 Å². The van der Waals surface area contributed by atoms with Gasteiger partial charge in [0.1, 0.15) is 5.82 Å². The maximum atomic E-state index is 12.6. The molecule has 1 aromatic heterocycles. The summed E-state index contributed by atoms with van der Waals surface area (Å²) < 4.78 is 37.7. The van der Waals surface area contributed by atoms with E-state index in [0.29, 0.717) is 22.0 Å². The van der Waals surface area contributed by atoms with Crippen LogP contribution in [0.25, 0.3) is 10.9 Å². The van der Waals surface area contributed by atoms with Crippen LogP contribution in [-0.2, 0) is 6.18 Å². The monoisotopic (exact) mass is 386 g/mol. The summed E-state index contributed by atoms with van der Waals surface area (Å²) in [7, 11) is 0. The van der Waals surface area contributed by atoms with E-state index in [2.05, 4.69) is 22.1 Å². The number of hydrogen-bond acceptors (Lipinski definition) is 2. The predicted octanol–water partition coefficient (Wildman–Crippen LogP) is 3.18. The van der Waals surface area contributed by atoms with E-state index in [-0.39, 0.29) is 11.4 Å². The molecule has 3 aromatic rings. The number of primary amides is 2. The van der Waals surface area contributed by atoms with Gasteiger partial charge in [0, 0.05) is 22.0 Å². The first kappa shape index (κ1) is 18.8. The van der Waals surface area contributed by atoms with Gasteiger partial charge in [0.25, 0.3) is 5.91 Å². The fourth-order valence-electron chi connectivity index (χ4n) is 2.64. The molecule has 28 heavy (non-hydrogen) atoms. The van der Waals surface area contributed by atoms with E-state index in [1.165, 1.54) is 12.1 Å². The normalized spacial score (nSPS) is 11.0. The molecular formula is C19H13F3N4O2. The highest BCUT2D eigenvalue weighted by Gasteiger charge is 2.29. The van der Waals surface area contributed by atoms with Crippen LogP contribution in [-0.4, -0.2) is 16.9 Å². The van der Waals surface area contributed by atoms with Crippen LogP contribution in [0.1, 0.15) is 27.0 Å². The molecule has 6 nitrogen and oxygen atoms in total. The van der Waals surface area contributed by atoms with Gasteiger partial charge in [-0.1, -0.05) is 17.9 Å². The molecular weight excluding hydrogens is 373 g/mol.